The molecule has 1 aliphatic rings. The maximum atomic E-state index is 12.6. The number of benzene rings is 3. The maximum absolute atomic E-state index is 12.6. The normalized spacial score (nSPS) is 14.0. The molecule has 1 atom stereocenters. The van der Waals surface area contributed by atoms with Gasteiger partial charge in [-0.3, -0.25) is 4.79 Å². The Morgan fingerprint density at radius 1 is 1.06 bits per heavy atom. The van der Waals surface area contributed by atoms with Gasteiger partial charge < -0.3 is 34.3 Å². The number of carbonyl (C=O) groups excluding carboxylic acids is 3. The molecule has 14 heteroatoms. The summed E-state index contributed by atoms with van der Waals surface area (Å²) in [6, 6.07) is 16.8. The van der Waals surface area contributed by atoms with Crippen LogP contribution >= 0.6 is 22.6 Å². The second-order valence-electron chi connectivity index (χ2n) is 10.2. The second-order valence-corrected chi connectivity index (χ2v) is 11.4. The molecule has 3 N–H and O–H groups in total. The SMILES string of the molecule is CCOC(=O)C1=C(C)NC(=O)N[C@H]1c1ccc(OCC(=O)N/N=C\Cc2cc(I)c(OCc3ccccc3C#N)c(OC)c2)c(OC)c1. The van der Waals surface area contributed by atoms with E-state index in [4.69, 9.17) is 23.7 Å². The number of hydrogen-bond acceptors (Lipinski definition) is 10. The van der Waals surface area contributed by atoms with Crippen LogP contribution < -0.4 is 35.0 Å². The van der Waals surface area contributed by atoms with Gasteiger partial charge >= 0.3 is 12.0 Å². The summed E-state index contributed by atoms with van der Waals surface area (Å²) in [7, 11) is 2.99. The van der Waals surface area contributed by atoms with Gasteiger partial charge in [0.05, 0.1) is 47.6 Å². The van der Waals surface area contributed by atoms with E-state index in [0.29, 0.717) is 40.5 Å². The van der Waals surface area contributed by atoms with Crippen molar-refractivity contribution in [2.75, 3.05) is 27.4 Å². The number of nitrogens with zero attached hydrogens (tertiary/aromatic N) is 2. The highest BCUT2D eigenvalue weighted by Crippen LogP contribution is 2.36. The fourth-order valence-electron chi connectivity index (χ4n) is 4.79. The Hall–Kier alpha value is -5.30. The monoisotopic (exact) mass is 767 g/mol. The highest BCUT2D eigenvalue weighted by atomic mass is 127. The molecule has 250 valence electrons. The lowest BCUT2D eigenvalue weighted by Gasteiger charge is -2.28. The van der Waals surface area contributed by atoms with Crippen molar-refractivity contribution in [3.8, 4) is 29.1 Å². The van der Waals surface area contributed by atoms with Crippen LogP contribution in [0.15, 0.2) is 71.0 Å². The van der Waals surface area contributed by atoms with E-state index in [0.717, 1.165) is 14.7 Å². The Kier molecular flexibility index (Phi) is 12.6. The Morgan fingerprint density at radius 3 is 2.56 bits per heavy atom. The van der Waals surface area contributed by atoms with E-state index in [1.165, 1.54) is 7.11 Å². The number of hydrazone groups is 1. The van der Waals surface area contributed by atoms with E-state index < -0.39 is 23.9 Å². The largest absolute Gasteiger partial charge is 0.493 e. The number of ether oxygens (including phenoxy) is 5. The van der Waals surface area contributed by atoms with Crippen LogP contribution in [-0.4, -0.2) is 51.6 Å². The average molecular weight is 768 g/mol. The number of allylic oxidation sites excluding steroid dienone is 1. The molecule has 0 aliphatic carbocycles. The van der Waals surface area contributed by atoms with Crippen LogP contribution in [0, 0.1) is 14.9 Å². The van der Waals surface area contributed by atoms with Crippen molar-refractivity contribution in [2.24, 2.45) is 5.10 Å². The lowest BCUT2D eigenvalue weighted by molar-refractivity contribution is -0.139. The topological polar surface area (TPSA) is 170 Å². The number of urea groups is 1. The van der Waals surface area contributed by atoms with Gasteiger partial charge in [-0.2, -0.15) is 10.4 Å². The van der Waals surface area contributed by atoms with E-state index in [2.05, 4.69) is 49.8 Å². The van der Waals surface area contributed by atoms with Gasteiger partial charge in [0.25, 0.3) is 5.91 Å². The number of methoxy groups -OCH3 is 2. The molecule has 48 heavy (non-hydrogen) atoms. The van der Waals surface area contributed by atoms with Gasteiger partial charge in [0, 0.05) is 23.9 Å². The molecule has 1 aliphatic heterocycles. The first-order valence-electron chi connectivity index (χ1n) is 14.7. The standard InChI is InChI=1S/C34H34IN5O8/c1-5-46-33(42)30-20(2)38-34(43)39-31(30)22-10-11-26(27(16-22)44-3)47-19-29(41)40-37-13-12-21-14-25(35)32(28(15-21)45-4)48-18-24-9-7-6-8-23(24)17-36/h6-11,13-16,31H,5,12,18-19H2,1-4H3,(H,40,41)(H2,38,39,43)/b37-13-/t31-/m0/s1. The molecule has 3 amide bonds. The quantitative estimate of drug-likeness (QED) is 0.0914. The van der Waals surface area contributed by atoms with Crippen molar-refractivity contribution in [3.05, 3.63) is 91.7 Å². The molecule has 13 nitrogen and oxygen atoms in total. The van der Waals surface area contributed by atoms with Crippen molar-refractivity contribution in [1.29, 1.82) is 5.26 Å². The fraction of sp³-hybridized carbons (Fsp3) is 0.265. The molecular weight excluding hydrogens is 733 g/mol. The molecule has 0 aromatic heterocycles. The Labute approximate surface area is 291 Å². The summed E-state index contributed by atoms with van der Waals surface area (Å²) in [6.45, 7) is 3.36. The number of hydrogen-bond donors (Lipinski definition) is 3. The first kappa shape index (κ1) is 35.6. The van der Waals surface area contributed by atoms with Crippen LogP contribution in [0.25, 0.3) is 0 Å². The van der Waals surface area contributed by atoms with Gasteiger partial charge in [-0.15, -0.1) is 0 Å². The molecule has 0 saturated heterocycles. The smallest absolute Gasteiger partial charge is 0.338 e. The third-order valence-electron chi connectivity index (χ3n) is 7.05. The van der Waals surface area contributed by atoms with Crippen LogP contribution in [0.2, 0.25) is 0 Å². The van der Waals surface area contributed by atoms with Gasteiger partial charge in [0.1, 0.15) is 6.61 Å². The van der Waals surface area contributed by atoms with Crippen molar-refractivity contribution in [1.82, 2.24) is 16.1 Å². The third kappa shape index (κ3) is 8.94. The number of carbonyl (C=O) groups is 3. The second kappa shape index (κ2) is 17.0. The highest BCUT2D eigenvalue weighted by molar-refractivity contribution is 14.1. The van der Waals surface area contributed by atoms with Crippen LogP contribution in [0.4, 0.5) is 4.79 Å². The van der Waals surface area contributed by atoms with Gasteiger partial charge in [-0.25, -0.2) is 15.0 Å². The van der Waals surface area contributed by atoms with Gasteiger partial charge in [0.2, 0.25) is 0 Å². The summed E-state index contributed by atoms with van der Waals surface area (Å²) >= 11 is 2.16. The van der Waals surface area contributed by atoms with Crippen LogP contribution in [0.5, 0.6) is 23.0 Å². The molecule has 0 fully saturated rings. The lowest BCUT2D eigenvalue weighted by Crippen LogP contribution is -2.45. The maximum Gasteiger partial charge on any atom is 0.338 e. The van der Waals surface area contributed by atoms with E-state index >= 15 is 0 Å². The first-order chi connectivity index (χ1) is 23.2. The average Bonchev–Trinajstić information content (AvgIpc) is 3.08. The molecular formula is C34H34IN5O8. The zero-order valence-corrected chi connectivity index (χ0v) is 28.9. The summed E-state index contributed by atoms with van der Waals surface area (Å²) < 4.78 is 28.7. The molecule has 0 saturated carbocycles. The fourth-order valence-corrected chi connectivity index (χ4v) is 5.61. The van der Waals surface area contributed by atoms with Gasteiger partial charge in [-0.05, 0) is 77.9 Å². The van der Waals surface area contributed by atoms with Crippen molar-refractivity contribution in [3.63, 3.8) is 0 Å². The predicted molar refractivity (Wildman–Crippen MR) is 184 cm³/mol. The van der Waals surface area contributed by atoms with E-state index in [-0.39, 0.29) is 31.1 Å². The van der Waals surface area contributed by atoms with Crippen molar-refractivity contribution < 1.29 is 38.1 Å². The summed E-state index contributed by atoms with van der Waals surface area (Å²) in [5.41, 5.74) is 5.83. The molecule has 0 bridgehead atoms. The summed E-state index contributed by atoms with van der Waals surface area (Å²) in [6.07, 6.45) is 1.95. The molecule has 0 unspecified atom stereocenters. The van der Waals surface area contributed by atoms with E-state index in [9.17, 15) is 19.6 Å². The Morgan fingerprint density at radius 2 is 1.83 bits per heavy atom. The Bertz CT molecular complexity index is 1790. The molecule has 1 heterocycles. The first-order valence-corrected chi connectivity index (χ1v) is 15.8. The number of nitrogens with one attached hydrogen (secondary N) is 3. The zero-order valence-electron chi connectivity index (χ0n) is 26.7. The molecule has 3 aromatic rings. The summed E-state index contributed by atoms with van der Waals surface area (Å²) in [4.78, 5) is 37.3. The van der Waals surface area contributed by atoms with E-state index in [1.807, 2.05) is 24.3 Å². The molecule has 0 radical (unpaired) electrons. The molecule has 4 rings (SSSR count). The molecule has 0 spiro atoms. The van der Waals surface area contributed by atoms with Crippen LogP contribution in [-0.2, 0) is 27.4 Å². The minimum absolute atomic E-state index is 0.178. The number of rotatable bonds is 14. The van der Waals surface area contributed by atoms with Crippen molar-refractivity contribution >= 4 is 46.7 Å². The van der Waals surface area contributed by atoms with Crippen LogP contribution in [0.1, 0.15) is 42.1 Å². The Balaban J connectivity index is 1.34. The number of amides is 3. The zero-order chi connectivity index (χ0) is 34.6. The van der Waals surface area contributed by atoms with Crippen molar-refractivity contribution in [2.45, 2.75) is 32.9 Å². The molecule has 3 aromatic carbocycles. The highest BCUT2D eigenvalue weighted by Gasteiger charge is 2.32. The lowest BCUT2D eigenvalue weighted by atomic mass is 9.95. The third-order valence-corrected chi connectivity index (χ3v) is 7.85. The number of nitriles is 1. The number of esters is 1. The van der Waals surface area contributed by atoms with Gasteiger partial charge in [0.15, 0.2) is 29.6 Å². The van der Waals surface area contributed by atoms with Crippen LogP contribution in [0.3, 0.4) is 0 Å². The minimum Gasteiger partial charge on any atom is -0.493 e. The minimum atomic E-state index is -0.780. The summed E-state index contributed by atoms with van der Waals surface area (Å²) in [5.74, 6) is 0.607. The van der Waals surface area contributed by atoms with Gasteiger partial charge in [-0.1, -0.05) is 24.3 Å². The van der Waals surface area contributed by atoms with E-state index in [1.54, 1.807) is 57.5 Å². The number of halogens is 1. The summed E-state index contributed by atoms with van der Waals surface area (Å²) in [5, 5.41) is 18.7. The predicted octanol–water partition coefficient (Wildman–Crippen LogP) is 4.67.